The molecule has 0 aliphatic carbocycles. The van der Waals surface area contributed by atoms with Gasteiger partial charge in [0, 0.05) is 24.9 Å². The van der Waals surface area contributed by atoms with E-state index < -0.39 is 0 Å². The highest BCUT2D eigenvalue weighted by atomic mass is 32.1. The summed E-state index contributed by atoms with van der Waals surface area (Å²) >= 11 is 1.64. The van der Waals surface area contributed by atoms with Gasteiger partial charge in [-0.2, -0.15) is 0 Å². The molecule has 0 aliphatic rings. The summed E-state index contributed by atoms with van der Waals surface area (Å²) in [7, 11) is 1.81. The Balaban J connectivity index is 1.69. The zero-order valence-electron chi connectivity index (χ0n) is 12.4. The second-order valence-corrected chi connectivity index (χ2v) is 5.84. The number of hydrogen-bond acceptors (Lipinski definition) is 4. The molecule has 0 saturated carbocycles. The number of ether oxygens (including phenoxy) is 1. The van der Waals surface area contributed by atoms with Crippen LogP contribution < -0.4 is 0 Å². The van der Waals surface area contributed by atoms with Crippen molar-refractivity contribution in [1.29, 1.82) is 0 Å². The number of aromatic nitrogens is 1. The molecule has 0 spiro atoms. The topological polar surface area (TPSA) is 42.4 Å². The fourth-order valence-electron chi connectivity index (χ4n) is 1.90. The third-order valence-electron chi connectivity index (χ3n) is 3.28. The number of thiazole rings is 1. The van der Waals surface area contributed by atoms with Crippen LogP contribution in [0.15, 0.2) is 35.8 Å². The number of carbonyl (C=O) groups is 1. The fourth-order valence-corrected chi connectivity index (χ4v) is 2.67. The molecule has 1 amide bonds. The van der Waals surface area contributed by atoms with E-state index in [0.717, 1.165) is 17.7 Å². The van der Waals surface area contributed by atoms with E-state index in [0.29, 0.717) is 13.2 Å². The minimum Gasteiger partial charge on any atom is -0.367 e. The highest BCUT2D eigenvalue weighted by Gasteiger charge is 2.10. The molecule has 0 fully saturated rings. The number of hydrogen-bond donors (Lipinski definition) is 0. The van der Waals surface area contributed by atoms with Crippen LogP contribution in [-0.4, -0.2) is 36.0 Å². The maximum Gasteiger partial charge on any atom is 0.248 e. The molecule has 21 heavy (non-hydrogen) atoms. The number of benzene rings is 1. The number of likely N-dealkylation sites (N-methyl/N-ethyl adjacent to an activating group) is 1. The van der Waals surface area contributed by atoms with Crippen molar-refractivity contribution >= 4 is 17.2 Å². The summed E-state index contributed by atoms with van der Waals surface area (Å²) < 4.78 is 5.46. The lowest BCUT2D eigenvalue weighted by Gasteiger charge is -2.16. The van der Waals surface area contributed by atoms with Crippen LogP contribution in [0.4, 0.5) is 0 Å². The highest BCUT2D eigenvalue weighted by molar-refractivity contribution is 7.09. The van der Waals surface area contributed by atoms with Crippen molar-refractivity contribution in [1.82, 2.24) is 9.88 Å². The average molecular weight is 304 g/mol. The molecule has 112 valence electrons. The standard InChI is InChI=1S/C16H20N2O2S/c1-13-15(21-12-17-13)8-9-18(2)16(19)11-20-10-14-6-4-3-5-7-14/h3-7,12H,8-11H2,1-2H3. The summed E-state index contributed by atoms with van der Waals surface area (Å²) in [6.07, 6.45) is 0.845. The van der Waals surface area contributed by atoms with Crippen molar-refractivity contribution < 1.29 is 9.53 Å². The van der Waals surface area contributed by atoms with Gasteiger partial charge >= 0.3 is 0 Å². The number of rotatable bonds is 7. The van der Waals surface area contributed by atoms with Gasteiger partial charge in [0.2, 0.25) is 5.91 Å². The molecule has 1 heterocycles. The molecule has 4 nitrogen and oxygen atoms in total. The van der Waals surface area contributed by atoms with E-state index >= 15 is 0 Å². The van der Waals surface area contributed by atoms with Gasteiger partial charge in [-0.3, -0.25) is 4.79 Å². The highest BCUT2D eigenvalue weighted by Crippen LogP contribution is 2.13. The number of amides is 1. The van der Waals surface area contributed by atoms with Gasteiger partial charge in [-0.1, -0.05) is 30.3 Å². The van der Waals surface area contributed by atoms with Crippen molar-refractivity contribution in [3.05, 3.63) is 52.0 Å². The first-order valence-corrected chi connectivity index (χ1v) is 7.79. The predicted octanol–water partition coefficient (Wildman–Crippen LogP) is 2.67. The Morgan fingerprint density at radius 3 is 2.76 bits per heavy atom. The van der Waals surface area contributed by atoms with Crippen molar-refractivity contribution in [3.63, 3.8) is 0 Å². The second kappa shape index (κ2) is 7.90. The van der Waals surface area contributed by atoms with E-state index in [-0.39, 0.29) is 12.5 Å². The Morgan fingerprint density at radius 1 is 1.33 bits per heavy atom. The summed E-state index contributed by atoms with van der Waals surface area (Å²) in [6.45, 7) is 3.27. The van der Waals surface area contributed by atoms with Gasteiger partial charge in [-0.25, -0.2) is 4.98 Å². The second-order valence-electron chi connectivity index (χ2n) is 4.90. The molecule has 2 aromatic rings. The molecule has 5 heteroatoms. The van der Waals surface area contributed by atoms with Crippen LogP contribution in [0.3, 0.4) is 0 Å². The van der Waals surface area contributed by atoms with Crippen LogP contribution in [0.25, 0.3) is 0 Å². The first-order valence-electron chi connectivity index (χ1n) is 6.91. The fraction of sp³-hybridized carbons (Fsp3) is 0.375. The lowest BCUT2D eigenvalue weighted by molar-refractivity contribution is -0.135. The zero-order chi connectivity index (χ0) is 15.1. The van der Waals surface area contributed by atoms with E-state index in [4.69, 9.17) is 4.74 Å². The summed E-state index contributed by atoms with van der Waals surface area (Å²) in [5.41, 5.74) is 3.98. The minimum atomic E-state index is 0.00750. The molecule has 0 bridgehead atoms. The van der Waals surface area contributed by atoms with Gasteiger partial charge < -0.3 is 9.64 Å². The van der Waals surface area contributed by atoms with Crippen LogP contribution in [0.2, 0.25) is 0 Å². The van der Waals surface area contributed by atoms with Gasteiger partial charge in [-0.05, 0) is 12.5 Å². The smallest absolute Gasteiger partial charge is 0.248 e. The van der Waals surface area contributed by atoms with Crippen LogP contribution in [-0.2, 0) is 22.6 Å². The molecule has 0 N–H and O–H groups in total. The molecular weight excluding hydrogens is 284 g/mol. The van der Waals surface area contributed by atoms with Gasteiger partial charge in [-0.15, -0.1) is 11.3 Å². The molecular formula is C16H20N2O2S. The first kappa shape index (κ1) is 15.7. The van der Waals surface area contributed by atoms with E-state index in [2.05, 4.69) is 4.98 Å². The Bertz CT molecular complexity index is 569. The normalized spacial score (nSPS) is 10.6. The third kappa shape index (κ3) is 4.95. The maximum atomic E-state index is 12.0. The van der Waals surface area contributed by atoms with Crippen LogP contribution in [0, 0.1) is 6.92 Å². The van der Waals surface area contributed by atoms with E-state index in [1.54, 1.807) is 16.2 Å². The maximum absolute atomic E-state index is 12.0. The molecule has 1 aromatic carbocycles. The third-order valence-corrected chi connectivity index (χ3v) is 4.28. The summed E-state index contributed by atoms with van der Waals surface area (Å²) in [5, 5.41) is 0. The van der Waals surface area contributed by atoms with E-state index in [1.165, 1.54) is 4.88 Å². The first-order chi connectivity index (χ1) is 10.2. The van der Waals surface area contributed by atoms with E-state index in [9.17, 15) is 4.79 Å². The number of nitrogens with zero attached hydrogens (tertiary/aromatic N) is 2. The molecule has 2 rings (SSSR count). The molecule has 1 aromatic heterocycles. The SMILES string of the molecule is Cc1ncsc1CCN(C)C(=O)COCc1ccccc1. The molecule has 0 aliphatic heterocycles. The van der Waals surface area contributed by atoms with Crippen molar-refractivity contribution in [2.75, 3.05) is 20.2 Å². The summed E-state index contributed by atoms with van der Waals surface area (Å²) in [5.74, 6) is 0.00750. The van der Waals surface area contributed by atoms with Crippen molar-refractivity contribution in [2.24, 2.45) is 0 Å². The molecule has 0 atom stereocenters. The van der Waals surface area contributed by atoms with Gasteiger partial charge in [0.25, 0.3) is 0 Å². The minimum absolute atomic E-state index is 0.00750. The lowest BCUT2D eigenvalue weighted by Crippen LogP contribution is -2.32. The average Bonchev–Trinajstić information content (AvgIpc) is 2.91. The molecule has 0 saturated heterocycles. The Hall–Kier alpha value is -1.72. The van der Waals surface area contributed by atoms with Crippen molar-refractivity contribution in [2.45, 2.75) is 20.0 Å². The van der Waals surface area contributed by atoms with Gasteiger partial charge in [0.15, 0.2) is 0 Å². The monoisotopic (exact) mass is 304 g/mol. The van der Waals surface area contributed by atoms with E-state index in [1.807, 2.05) is 49.8 Å². The van der Waals surface area contributed by atoms with Crippen LogP contribution >= 0.6 is 11.3 Å². The Kier molecular flexibility index (Phi) is 5.90. The van der Waals surface area contributed by atoms with Gasteiger partial charge in [0.1, 0.15) is 6.61 Å². The molecule has 0 radical (unpaired) electrons. The van der Waals surface area contributed by atoms with Crippen LogP contribution in [0.5, 0.6) is 0 Å². The number of aryl methyl sites for hydroxylation is 1. The molecule has 0 unspecified atom stereocenters. The number of carbonyl (C=O) groups excluding carboxylic acids is 1. The summed E-state index contributed by atoms with van der Waals surface area (Å²) in [6, 6.07) is 9.86. The largest absolute Gasteiger partial charge is 0.367 e. The lowest BCUT2D eigenvalue weighted by atomic mass is 10.2. The van der Waals surface area contributed by atoms with Crippen molar-refractivity contribution in [3.8, 4) is 0 Å². The Morgan fingerprint density at radius 2 is 2.10 bits per heavy atom. The van der Waals surface area contributed by atoms with Crippen LogP contribution in [0.1, 0.15) is 16.1 Å². The zero-order valence-corrected chi connectivity index (χ0v) is 13.2. The van der Waals surface area contributed by atoms with Gasteiger partial charge in [0.05, 0.1) is 17.8 Å². The predicted molar refractivity (Wildman–Crippen MR) is 84.3 cm³/mol. The Labute approximate surface area is 129 Å². The quantitative estimate of drug-likeness (QED) is 0.790. The summed E-state index contributed by atoms with van der Waals surface area (Å²) in [4.78, 5) is 19.1.